The van der Waals surface area contributed by atoms with Gasteiger partial charge in [0.1, 0.15) is 11.5 Å². The van der Waals surface area contributed by atoms with Crippen molar-refractivity contribution < 1.29 is 23.5 Å². The van der Waals surface area contributed by atoms with Gasteiger partial charge in [0.2, 0.25) is 5.76 Å². The average molecular weight is 477 g/mol. The molecule has 0 atom stereocenters. The fourth-order valence-electron chi connectivity index (χ4n) is 4.01. The summed E-state index contributed by atoms with van der Waals surface area (Å²) in [5.41, 5.74) is 4.41. The van der Waals surface area contributed by atoms with Crippen molar-refractivity contribution in [3.05, 3.63) is 83.8 Å². The topological polar surface area (TPSA) is 90.1 Å². The van der Waals surface area contributed by atoms with E-state index in [1.54, 1.807) is 30.3 Å². The molecular weight excluding hydrogens is 444 g/mol. The number of para-hydroxylation sites is 1. The molecule has 0 saturated heterocycles. The number of hydrogen-bond acceptors (Lipinski definition) is 6. The number of furan rings is 1. The molecule has 0 spiro atoms. The minimum absolute atomic E-state index is 0.0332. The fourth-order valence-corrected chi connectivity index (χ4v) is 4.01. The number of carbonyl (C=O) groups is 2. The molecule has 1 heterocycles. The molecule has 0 aliphatic rings. The van der Waals surface area contributed by atoms with Crippen molar-refractivity contribution in [3.8, 4) is 11.5 Å². The van der Waals surface area contributed by atoms with Gasteiger partial charge in [-0.3, -0.25) is 4.79 Å². The normalized spacial score (nSPS) is 11.9. The molecule has 0 bridgehead atoms. The van der Waals surface area contributed by atoms with Crippen molar-refractivity contribution in [2.24, 2.45) is 10.5 Å². The average Bonchev–Trinajstić information content (AvgIpc) is 3.33. The maximum absolute atomic E-state index is 12.2. The highest BCUT2D eigenvalue weighted by Crippen LogP contribution is 2.36. The second-order valence-electron chi connectivity index (χ2n) is 10.1. The first-order chi connectivity index (χ1) is 16.5. The zero-order valence-electron chi connectivity index (χ0n) is 20.8. The minimum Gasteiger partial charge on any atom is -0.484 e. The summed E-state index contributed by atoms with van der Waals surface area (Å²) in [6.07, 6.45) is 3.84. The lowest BCUT2D eigenvalue weighted by molar-refractivity contribution is -0.123. The molecule has 0 aliphatic carbocycles. The summed E-state index contributed by atoms with van der Waals surface area (Å²) in [5.74, 6) is -0.0511. The van der Waals surface area contributed by atoms with Gasteiger partial charge in [0.15, 0.2) is 6.61 Å². The maximum Gasteiger partial charge on any atom is 0.379 e. The molecule has 1 N–H and O–H groups in total. The molecule has 7 heteroatoms. The van der Waals surface area contributed by atoms with Crippen LogP contribution in [0.2, 0.25) is 0 Å². The number of amides is 1. The first kappa shape index (κ1) is 25.7. The van der Waals surface area contributed by atoms with Gasteiger partial charge in [0.05, 0.1) is 12.5 Å². The van der Waals surface area contributed by atoms with E-state index in [1.807, 2.05) is 24.3 Å². The molecule has 1 amide bonds. The number of hydrazone groups is 1. The van der Waals surface area contributed by atoms with E-state index < -0.39 is 11.9 Å². The van der Waals surface area contributed by atoms with Crippen LogP contribution >= 0.6 is 0 Å². The fraction of sp³-hybridized carbons (Fsp3) is 0.321. The van der Waals surface area contributed by atoms with Gasteiger partial charge in [-0.05, 0) is 59.2 Å². The predicted octanol–water partition coefficient (Wildman–Crippen LogP) is 5.74. The van der Waals surface area contributed by atoms with Gasteiger partial charge in [0, 0.05) is 5.56 Å². The summed E-state index contributed by atoms with van der Waals surface area (Å²) in [5, 5.41) is 3.95. The molecule has 1 aromatic heterocycles. The molecule has 35 heavy (non-hydrogen) atoms. The van der Waals surface area contributed by atoms with Crippen LogP contribution in [0.3, 0.4) is 0 Å². The Morgan fingerprint density at radius 2 is 1.69 bits per heavy atom. The van der Waals surface area contributed by atoms with Crippen LogP contribution in [0.1, 0.15) is 62.7 Å². The highest BCUT2D eigenvalue weighted by Gasteiger charge is 2.27. The molecule has 0 radical (unpaired) electrons. The van der Waals surface area contributed by atoms with Gasteiger partial charge < -0.3 is 13.9 Å². The number of nitrogens with one attached hydrogen (secondary N) is 1. The number of benzene rings is 2. The van der Waals surface area contributed by atoms with Crippen LogP contribution < -0.4 is 14.9 Å². The molecule has 7 nitrogen and oxygen atoms in total. The molecule has 0 saturated carbocycles. The second kappa shape index (κ2) is 11.0. The van der Waals surface area contributed by atoms with Crippen LogP contribution in [0.5, 0.6) is 11.5 Å². The van der Waals surface area contributed by atoms with Gasteiger partial charge in [-0.15, -0.1) is 0 Å². The molecule has 3 aromatic rings. The Kier molecular flexibility index (Phi) is 8.12. The van der Waals surface area contributed by atoms with Gasteiger partial charge >= 0.3 is 5.97 Å². The summed E-state index contributed by atoms with van der Waals surface area (Å²) in [6.45, 7) is 11.0. The first-order valence-corrected chi connectivity index (χ1v) is 11.4. The van der Waals surface area contributed by atoms with Crippen molar-refractivity contribution >= 4 is 18.1 Å². The van der Waals surface area contributed by atoms with Crippen LogP contribution in [-0.4, -0.2) is 24.7 Å². The maximum atomic E-state index is 12.2. The van der Waals surface area contributed by atoms with E-state index in [0.29, 0.717) is 11.3 Å². The van der Waals surface area contributed by atoms with E-state index in [-0.39, 0.29) is 28.9 Å². The summed E-state index contributed by atoms with van der Waals surface area (Å²) < 4.78 is 16.0. The zero-order chi connectivity index (χ0) is 25.5. The molecular formula is C28H32N2O5. The Morgan fingerprint density at radius 3 is 2.34 bits per heavy atom. The molecule has 184 valence electrons. The minimum atomic E-state index is -0.624. The van der Waals surface area contributed by atoms with Crippen LogP contribution in [0.4, 0.5) is 0 Å². The lowest BCUT2D eigenvalue weighted by atomic mass is 9.72. The lowest BCUT2D eigenvalue weighted by Crippen LogP contribution is -2.25. The third kappa shape index (κ3) is 7.84. The quantitative estimate of drug-likeness (QED) is 0.184. The first-order valence-electron chi connectivity index (χ1n) is 11.4. The third-order valence-electron chi connectivity index (χ3n) is 5.21. The Morgan fingerprint density at radius 1 is 0.971 bits per heavy atom. The van der Waals surface area contributed by atoms with Crippen LogP contribution in [0, 0.1) is 5.41 Å². The summed E-state index contributed by atoms with van der Waals surface area (Å²) >= 11 is 0. The number of nitrogens with zero attached hydrogens (tertiary/aromatic N) is 1. The van der Waals surface area contributed by atoms with E-state index in [4.69, 9.17) is 13.9 Å². The number of rotatable bonds is 9. The van der Waals surface area contributed by atoms with E-state index in [1.165, 1.54) is 24.1 Å². The molecule has 0 aliphatic heterocycles. The van der Waals surface area contributed by atoms with Gasteiger partial charge in [-0.2, -0.15) is 5.10 Å². The number of hydrogen-bond donors (Lipinski definition) is 1. The van der Waals surface area contributed by atoms with Gasteiger partial charge in [0.25, 0.3) is 5.91 Å². The standard InChI is InChI=1S/C28H32N2O5/c1-27(2,3)19-28(4,5)21-12-14-22(15-13-21)34-18-25(31)30-29-17-20-9-6-7-10-23(20)35-26(32)24-11-8-16-33-24/h6-17H,18-19H2,1-5H3,(H,30,31)/b29-17+. The Balaban J connectivity index is 1.51. The van der Waals surface area contributed by atoms with Crippen molar-refractivity contribution in [2.75, 3.05) is 6.61 Å². The Bertz CT molecular complexity index is 1160. The Hall–Kier alpha value is -3.87. The highest BCUT2D eigenvalue weighted by atomic mass is 16.5. The molecule has 2 aromatic carbocycles. The molecule has 0 unspecified atom stereocenters. The van der Waals surface area contributed by atoms with Gasteiger partial charge in [-0.1, -0.05) is 58.9 Å². The SMILES string of the molecule is CC(C)(C)CC(C)(C)c1ccc(OCC(=O)N/N=C/c2ccccc2OC(=O)c2ccco2)cc1. The van der Waals surface area contributed by atoms with Crippen molar-refractivity contribution in [3.63, 3.8) is 0 Å². The second-order valence-corrected chi connectivity index (χ2v) is 10.1. The summed E-state index contributed by atoms with van der Waals surface area (Å²) in [7, 11) is 0. The molecule has 3 rings (SSSR count). The Labute approximate surface area is 206 Å². The van der Waals surface area contributed by atoms with E-state index in [9.17, 15) is 9.59 Å². The highest BCUT2D eigenvalue weighted by molar-refractivity contribution is 5.91. The van der Waals surface area contributed by atoms with Crippen molar-refractivity contribution in [1.29, 1.82) is 0 Å². The smallest absolute Gasteiger partial charge is 0.379 e. The third-order valence-corrected chi connectivity index (χ3v) is 5.21. The number of ether oxygens (including phenoxy) is 2. The van der Waals surface area contributed by atoms with Crippen LogP contribution in [0.15, 0.2) is 76.4 Å². The van der Waals surface area contributed by atoms with E-state index >= 15 is 0 Å². The largest absolute Gasteiger partial charge is 0.484 e. The van der Waals surface area contributed by atoms with E-state index in [0.717, 1.165) is 6.42 Å². The van der Waals surface area contributed by atoms with Crippen molar-refractivity contribution in [2.45, 2.75) is 46.5 Å². The summed E-state index contributed by atoms with van der Waals surface area (Å²) in [6, 6.07) is 17.8. The lowest BCUT2D eigenvalue weighted by Gasteiger charge is -2.33. The zero-order valence-corrected chi connectivity index (χ0v) is 20.8. The number of carbonyl (C=O) groups excluding carboxylic acids is 2. The number of esters is 1. The predicted molar refractivity (Wildman–Crippen MR) is 135 cm³/mol. The van der Waals surface area contributed by atoms with Crippen LogP contribution in [0.25, 0.3) is 0 Å². The summed E-state index contributed by atoms with van der Waals surface area (Å²) in [4.78, 5) is 24.3. The van der Waals surface area contributed by atoms with Crippen molar-refractivity contribution in [1.82, 2.24) is 5.43 Å². The molecule has 0 fully saturated rings. The van der Waals surface area contributed by atoms with Gasteiger partial charge in [-0.25, -0.2) is 10.2 Å². The van der Waals surface area contributed by atoms with Crippen LogP contribution in [-0.2, 0) is 10.2 Å². The van der Waals surface area contributed by atoms with E-state index in [2.05, 4.69) is 45.1 Å². The monoisotopic (exact) mass is 476 g/mol.